The molecule has 1 rings (SSSR count). The number of carbonyl (C=O) groups excluding carboxylic acids is 2. The molecule has 0 saturated heterocycles. The quantitative estimate of drug-likeness (QED) is 0.872. The Kier molecular flexibility index (Phi) is 5.26. The van der Waals surface area contributed by atoms with Crippen molar-refractivity contribution in [1.29, 1.82) is 0 Å². The molecule has 0 aliphatic carbocycles. The number of anilines is 1. The summed E-state index contributed by atoms with van der Waals surface area (Å²) >= 11 is 1.01. The van der Waals surface area contributed by atoms with E-state index in [0.717, 1.165) is 11.3 Å². The van der Waals surface area contributed by atoms with Gasteiger partial charge in [0.05, 0.1) is 10.4 Å². The summed E-state index contributed by atoms with van der Waals surface area (Å²) in [5.74, 6) is -1.73. The van der Waals surface area contributed by atoms with Crippen LogP contribution < -0.4 is 5.32 Å². The maximum absolute atomic E-state index is 12.3. The molecule has 0 aromatic carbocycles. The summed E-state index contributed by atoms with van der Waals surface area (Å²) < 4.78 is 0. The van der Waals surface area contributed by atoms with Gasteiger partial charge in [0.1, 0.15) is 5.00 Å². The van der Waals surface area contributed by atoms with Gasteiger partial charge >= 0.3 is 5.97 Å². The second-order valence-electron chi connectivity index (χ2n) is 4.22. The Hall–Kier alpha value is -1.89. The van der Waals surface area contributed by atoms with Crippen LogP contribution in [0, 0.1) is 6.92 Å². The summed E-state index contributed by atoms with van der Waals surface area (Å²) in [6.07, 6.45) is 0. The first kappa shape index (κ1) is 16.2. The monoisotopic (exact) mass is 298 g/mol. The van der Waals surface area contributed by atoms with Crippen molar-refractivity contribution in [3.05, 3.63) is 16.0 Å². The van der Waals surface area contributed by atoms with E-state index < -0.39 is 5.97 Å². The number of amides is 2. The van der Waals surface area contributed by atoms with E-state index >= 15 is 0 Å². The molecular formula is C13H18N2O4S. The summed E-state index contributed by atoms with van der Waals surface area (Å²) in [6, 6.07) is 0. The van der Waals surface area contributed by atoms with Gasteiger partial charge < -0.3 is 15.3 Å². The Bertz CT molecular complexity index is 547. The third-order valence-corrected chi connectivity index (χ3v) is 4.09. The zero-order valence-electron chi connectivity index (χ0n) is 11.9. The molecule has 1 aromatic rings. The average molecular weight is 298 g/mol. The summed E-state index contributed by atoms with van der Waals surface area (Å²) in [7, 11) is 0. The molecule has 0 bridgehead atoms. The van der Waals surface area contributed by atoms with E-state index in [1.54, 1.807) is 11.8 Å². The molecule has 2 N–H and O–H groups in total. The van der Waals surface area contributed by atoms with Gasteiger partial charge in [-0.2, -0.15) is 0 Å². The zero-order valence-corrected chi connectivity index (χ0v) is 12.8. The lowest BCUT2D eigenvalue weighted by Gasteiger charge is -2.17. The van der Waals surface area contributed by atoms with Gasteiger partial charge in [0.2, 0.25) is 5.91 Å². The van der Waals surface area contributed by atoms with Crippen molar-refractivity contribution in [1.82, 2.24) is 4.90 Å². The molecule has 6 nitrogen and oxygen atoms in total. The highest BCUT2D eigenvalue weighted by Crippen LogP contribution is 2.33. The normalized spacial score (nSPS) is 10.2. The van der Waals surface area contributed by atoms with Crippen molar-refractivity contribution in [3.8, 4) is 0 Å². The molecular weight excluding hydrogens is 280 g/mol. The fourth-order valence-electron chi connectivity index (χ4n) is 1.88. The highest BCUT2D eigenvalue weighted by Gasteiger charge is 2.26. The number of hydrogen-bond donors (Lipinski definition) is 2. The first-order valence-corrected chi connectivity index (χ1v) is 7.08. The van der Waals surface area contributed by atoms with Crippen molar-refractivity contribution < 1.29 is 19.5 Å². The number of carboxylic acids is 1. The fourth-order valence-corrected chi connectivity index (χ4v) is 3.09. The summed E-state index contributed by atoms with van der Waals surface area (Å²) in [5.41, 5.74) is 0.379. The summed E-state index contributed by atoms with van der Waals surface area (Å²) in [6.45, 7) is 7.69. The lowest BCUT2D eigenvalue weighted by Crippen LogP contribution is -2.30. The summed E-state index contributed by atoms with van der Waals surface area (Å²) in [4.78, 5) is 36.7. The van der Waals surface area contributed by atoms with E-state index in [2.05, 4.69) is 5.32 Å². The minimum absolute atomic E-state index is 0.0132. The van der Waals surface area contributed by atoms with Gasteiger partial charge in [-0.05, 0) is 26.3 Å². The number of thiophene rings is 1. The topological polar surface area (TPSA) is 86.7 Å². The average Bonchev–Trinajstić information content (AvgIpc) is 2.66. The van der Waals surface area contributed by atoms with Crippen LogP contribution >= 0.6 is 11.3 Å². The third kappa shape index (κ3) is 3.16. The third-order valence-electron chi connectivity index (χ3n) is 2.90. The molecule has 0 unspecified atom stereocenters. The first-order valence-electron chi connectivity index (χ1n) is 6.26. The maximum atomic E-state index is 12.3. The van der Waals surface area contributed by atoms with E-state index in [4.69, 9.17) is 0 Å². The Morgan fingerprint density at radius 2 is 1.80 bits per heavy atom. The van der Waals surface area contributed by atoms with Gasteiger partial charge in [-0.15, -0.1) is 11.3 Å². The van der Waals surface area contributed by atoms with Crippen molar-refractivity contribution in [2.75, 3.05) is 18.4 Å². The highest BCUT2D eigenvalue weighted by molar-refractivity contribution is 7.18. The number of rotatable bonds is 5. The number of nitrogens with zero attached hydrogens (tertiary/aromatic N) is 1. The predicted octanol–water partition coefficient (Wildman–Crippen LogP) is 2.20. The second kappa shape index (κ2) is 6.51. The molecule has 0 atom stereocenters. The van der Waals surface area contributed by atoms with Crippen molar-refractivity contribution >= 4 is 34.1 Å². The smallest absolute Gasteiger partial charge is 0.339 e. The van der Waals surface area contributed by atoms with E-state index in [-0.39, 0.29) is 22.4 Å². The van der Waals surface area contributed by atoms with Crippen LogP contribution in [0.25, 0.3) is 0 Å². The van der Waals surface area contributed by atoms with Gasteiger partial charge in [-0.1, -0.05) is 0 Å². The van der Waals surface area contributed by atoms with Crippen LogP contribution in [-0.4, -0.2) is 40.9 Å². The molecule has 20 heavy (non-hydrogen) atoms. The largest absolute Gasteiger partial charge is 0.478 e. The Morgan fingerprint density at radius 1 is 1.25 bits per heavy atom. The lowest BCUT2D eigenvalue weighted by atomic mass is 10.1. The number of hydrogen-bond acceptors (Lipinski definition) is 4. The van der Waals surface area contributed by atoms with Gasteiger partial charge in [-0.3, -0.25) is 9.59 Å². The minimum atomic E-state index is -1.15. The Labute approximate surface area is 121 Å². The Balaban J connectivity index is 3.32. The number of aromatic carboxylic acids is 1. The van der Waals surface area contributed by atoms with Crippen LogP contribution in [0.15, 0.2) is 0 Å². The molecule has 1 aromatic heterocycles. The van der Waals surface area contributed by atoms with Crippen LogP contribution in [-0.2, 0) is 4.79 Å². The van der Waals surface area contributed by atoms with E-state index in [0.29, 0.717) is 23.5 Å². The maximum Gasteiger partial charge on any atom is 0.339 e. The SMILES string of the molecule is CCN(CC)C(=O)c1sc(NC(C)=O)c(C(=O)O)c1C. The molecule has 0 fully saturated rings. The van der Waals surface area contributed by atoms with Gasteiger partial charge in [0.25, 0.3) is 5.91 Å². The molecule has 2 amide bonds. The Morgan fingerprint density at radius 3 is 2.20 bits per heavy atom. The highest BCUT2D eigenvalue weighted by atomic mass is 32.1. The lowest BCUT2D eigenvalue weighted by molar-refractivity contribution is -0.114. The molecule has 0 radical (unpaired) electrons. The molecule has 1 heterocycles. The van der Waals surface area contributed by atoms with E-state index in [1.807, 2.05) is 13.8 Å². The predicted molar refractivity (Wildman–Crippen MR) is 77.6 cm³/mol. The van der Waals surface area contributed by atoms with Crippen molar-refractivity contribution in [2.45, 2.75) is 27.7 Å². The van der Waals surface area contributed by atoms with Crippen LogP contribution in [0.5, 0.6) is 0 Å². The molecule has 0 saturated carbocycles. The van der Waals surface area contributed by atoms with Gasteiger partial charge in [0.15, 0.2) is 0 Å². The standard InChI is InChI=1S/C13H18N2O4S/c1-5-15(6-2)12(17)10-7(3)9(13(18)19)11(20-10)14-8(4)16/h5-6H2,1-4H3,(H,14,16)(H,18,19). The van der Waals surface area contributed by atoms with Crippen LogP contribution in [0.2, 0.25) is 0 Å². The molecule has 0 spiro atoms. The first-order chi connectivity index (χ1) is 9.33. The van der Waals surface area contributed by atoms with Crippen molar-refractivity contribution in [2.24, 2.45) is 0 Å². The minimum Gasteiger partial charge on any atom is -0.478 e. The molecule has 0 aliphatic rings. The van der Waals surface area contributed by atoms with Crippen molar-refractivity contribution in [3.63, 3.8) is 0 Å². The van der Waals surface area contributed by atoms with E-state index in [9.17, 15) is 19.5 Å². The van der Waals surface area contributed by atoms with Crippen LogP contribution in [0.4, 0.5) is 5.00 Å². The van der Waals surface area contributed by atoms with Crippen LogP contribution in [0.3, 0.4) is 0 Å². The zero-order chi connectivity index (χ0) is 15.4. The summed E-state index contributed by atoms with van der Waals surface area (Å²) in [5, 5.41) is 11.9. The number of carbonyl (C=O) groups is 3. The van der Waals surface area contributed by atoms with Gasteiger partial charge in [0, 0.05) is 20.0 Å². The van der Waals surface area contributed by atoms with Crippen LogP contribution in [0.1, 0.15) is 46.4 Å². The molecule has 0 aliphatic heterocycles. The number of carboxylic acid groups (broad SMARTS) is 1. The van der Waals surface area contributed by atoms with E-state index in [1.165, 1.54) is 6.92 Å². The second-order valence-corrected chi connectivity index (χ2v) is 5.24. The molecule has 110 valence electrons. The van der Waals surface area contributed by atoms with Gasteiger partial charge in [-0.25, -0.2) is 4.79 Å². The fraction of sp³-hybridized carbons (Fsp3) is 0.462. The molecule has 7 heteroatoms. The number of nitrogens with one attached hydrogen (secondary N) is 1.